The molecule has 3 fully saturated rings. The van der Waals surface area contributed by atoms with Crippen molar-refractivity contribution < 1.29 is 27.5 Å². The molecule has 2 amide bonds. The first kappa shape index (κ1) is 44.6. The van der Waals surface area contributed by atoms with E-state index >= 15 is 0 Å². The molecule has 3 unspecified atom stereocenters. The number of nitrogens with zero attached hydrogens (tertiary/aromatic N) is 1. The number of terminal acetylenes is 1. The maximum Gasteiger partial charge on any atom is 0.416 e. The third-order valence-corrected chi connectivity index (χ3v) is 10.0. The summed E-state index contributed by atoms with van der Waals surface area (Å²) in [5, 5.41) is 0. The van der Waals surface area contributed by atoms with Gasteiger partial charge >= 0.3 is 12.3 Å². The van der Waals surface area contributed by atoms with E-state index in [2.05, 4.69) is 86.6 Å². The quantitative estimate of drug-likeness (QED) is 0.120. The first-order valence-electron chi connectivity index (χ1n) is 14.9. The van der Waals surface area contributed by atoms with Gasteiger partial charge in [0.15, 0.2) is 0 Å². The van der Waals surface area contributed by atoms with E-state index in [9.17, 15) is 22.8 Å². The number of hydrogen-bond donors (Lipinski definition) is 3. The fraction of sp³-hybridized carbons (Fsp3) is 0.600. The van der Waals surface area contributed by atoms with Gasteiger partial charge in [-0.15, -0.1) is 49.3 Å². The van der Waals surface area contributed by atoms with E-state index in [0.29, 0.717) is 11.5 Å². The highest BCUT2D eigenvalue weighted by molar-refractivity contribution is 8.59. The van der Waals surface area contributed by atoms with Crippen LogP contribution in [0.4, 0.5) is 18.0 Å². The highest BCUT2D eigenvalue weighted by atomic mass is 33.1. The second-order valence-electron chi connectivity index (χ2n) is 11.6. The number of hydrogen-bond acceptors (Lipinski definition) is 5. The second-order valence-corrected chi connectivity index (χ2v) is 11.6. The Kier molecular flexibility index (Phi) is 19.7. The molecular formula is C35H55F3N2O3S2. The van der Waals surface area contributed by atoms with E-state index in [4.69, 9.17) is 0 Å². The van der Waals surface area contributed by atoms with Crippen LogP contribution in [0, 0.1) is 47.3 Å². The van der Waals surface area contributed by atoms with Gasteiger partial charge in [-0.2, -0.15) is 13.2 Å². The van der Waals surface area contributed by atoms with Crippen molar-refractivity contribution in [1.82, 2.24) is 4.90 Å². The summed E-state index contributed by atoms with van der Waals surface area (Å²) in [7, 11) is 2.01. The maximum atomic E-state index is 12.1. The van der Waals surface area contributed by atoms with Crippen LogP contribution in [0.15, 0.2) is 49.6 Å². The average molecular weight is 673 g/mol. The summed E-state index contributed by atoms with van der Waals surface area (Å²) in [6, 6.07) is 4.08. The molecule has 5 rings (SSSR count). The number of carbonyl (C=O) groups excluding carboxylic acids is 2. The van der Waals surface area contributed by atoms with E-state index in [-0.39, 0.29) is 24.5 Å². The molecule has 45 heavy (non-hydrogen) atoms. The highest BCUT2D eigenvalue weighted by Crippen LogP contribution is 2.65. The molecule has 1 aromatic rings. The number of benzene rings is 1. The summed E-state index contributed by atoms with van der Waals surface area (Å²) >= 11 is 6.44. The van der Waals surface area contributed by atoms with Crippen LogP contribution in [0.1, 0.15) is 86.1 Å². The van der Waals surface area contributed by atoms with Gasteiger partial charge in [0.1, 0.15) is 5.75 Å². The molecule has 1 heterocycles. The molecule has 0 spiro atoms. The molecule has 5 nitrogen and oxygen atoms in total. The molecule has 3 aliphatic carbocycles. The minimum absolute atomic E-state index is 0. The van der Waals surface area contributed by atoms with Crippen LogP contribution in [0.5, 0.6) is 5.75 Å². The van der Waals surface area contributed by atoms with Gasteiger partial charge in [0, 0.05) is 18.5 Å². The first-order chi connectivity index (χ1) is 20.8. The smallest absolute Gasteiger partial charge is 0.411 e. The zero-order chi connectivity index (χ0) is 34.5. The van der Waals surface area contributed by atoms with E-state index < -0.39 is 17.8 Å². The molecule has 256 valence electrons. The van der Waals surface area contributed by atoms with Crippen molar-refractivity contribution in [2.75, 3.05) is 7.05 Å². The van der Waals surface area contributed by atoms with Gasteiger partial charge in [-0.1, -0.05) is 48.1 Å². The minimum Gasteiger partial charge on any atom is -0.411 e. The number of ether oxygens (including phenoxy) is 1. The lowest BCUT2D eigenvalue weighted by molar-refractivity contribution is -0.139. The third-order valence-electron chi connectivity index (χ3n) is 10.0. The number of fused-ring (bicyclic) bond motifs is 5. The maximum absolute atomic E-state index is 12.1. The molecule has 2 N–H and O–H groups in total. The Morgan fingerprint density at radius 1 is 1.02 bits per heavy atom. The number of likely N-dealkylation sites (N-methyl/N-ethyl adjacent to an activating group) is 1. The summed E-state index contributed by atoms with van der Waals surface area (Å²) in [5.74, 6) is 3.67. The predicted octanol–water partition coefficient (Wildman–Crippen LogP) is 9.90. The van der Waals surface area contributed by atoms with Gasteiger partial charge in [-0.05, 0) is 98.0 Å². The molecule has 0 saturated heterocycles. The van der Waals surface area contributed by atoms with E-state index in [1.807, 2.05) is 31.9 Å². The lowest BCUT2D eigenvalue weighted by Gasteiger charge is -2.60. The van der Waals surface area contributed by atoms with E-state index in [1.165, 1.54) is 38.5 Å². The molecule has 7 atom stereocenters. The van der Waals surface area contributed by atoms with Crippen LogP contribution in [-0.2, 0) is 11.0 Å². The number of amides is 2. The highest BCUT2D eigenvalue weighted by Gasteiger charge is 2.59. The van der Waals surface area contributed by atoms with Crippen LogP contribution in [0.2, 0.25) is 0 Å². The van der Waals surface area contributed by atoms with Crippen LogP contribution in [-0.4, -0.2) is 30.0 Å². The van der Waals surface area contributed by atoms with Gasteiger partial charge in [-0.3, -0.25) is 4.79 Å². The molecule has 0 bridgehead atoms. The zero-order valence-corrected chi connectivity index (χ0v) is 28.7. The fourth-order valence-electron chi connectivity index (χ4n) is 7.83. The number of rotatable bonds is 1. The van der Waals surface area contributed by atoms with Crippen LogP contribution < -0.4 is 10.5 Å². The summed E-state index contributed by atoms with van der Waals surface area (Å²) < 4.78 is 40.5. The van der Waals surface area contributed by atoms with Crippen molar-refractivity contribution in [3.05, 3.63) is 55.1 Å². The van der Waals surface area contributed by atoms with Gasteiger partial charge in [-0.25, -0.2) is 4.79 Å². The lowest BCUT2D eigenvalue weighted by Crippen LogP contribution is -2.59. The Morgan fingerprint density at radius 3 is 2.04 bits per heavy atom. The Hall–Kier alpha value is -2.51. The summed E-state index contributed by atoms with van der Waals surface area (Å²) in [4.78, 5) is 24.3. The number of nitrogens with two attached hydrogens (primary N) is 1. The molecular weight excluding hydrogens is 618 g/mol. The van der Waals surface area contributed by atoms with Crippen molar-refractivity contribution in [3.8, 4) is 18.6 Å². The van der Waals surface area contributed by atoms with Crippen LogP contribution in [0.25, 0.3) is 0 Å². The fourth-order valence-corrected chi connectivity index (χ4v) is 7.83. The molecule has 3 saturated carbocycles. The number of alkyl halides is 3. The van der Waals surface area contributed by atoms with Crippen molar-refractivity contribution in [2.24, 2.45) is 40.2 Å². The molecule has 4 aliphatic rings. The molecule has 1 aliphatic heterocycles. The molecule has 10 heteroatoms. The lowest BCUT2D eigenvalue weighted by atomic mass is 9.48. The first-order valence-corrected chi connectivity index (χ1v) is 16.5. The van der Waals surface area contributed by atoms with Gasteiger partial charge < -0.3 is 15.4 Å². The summed E-state index contributed by atoms with van der Waals surface area (Å²) in [6.07, 6.45) is 14.8. The molecule has 0 aromatic heterocycles. The average Bonchev–Trinajstić information content (AvgIpc) is 3.33. The second kappa shape index (κ2) is 19.9. The Morgan fingerprint density at radius 2 is 1.56 bits per heavy atom. The number of thiol groups is 2. The Balaban J connectivity index is 0. The monoisotopic (exact) mass is 672 g/mol. The summed E-state index contributed by atoms with van der Waals surface area (Å²) in [5.41, 5.74) is 4.65. The van der Waals surface area contributed by atoms with Crippen molar-refractivity contribution >= 4 is 35.3 Å². The predicted molar refractivity (Wildman–Crippen MR) is 188 cm³/mol. The van der Waals surface area contributed by atoms with E-state index in [0.717, 1.165) is 47.9 Å². The SMILES string of the molecule is C.C#C.C=C.CC.CC1CCC2[C@@H]3CCC4N(C)C(=O)C=C[C@]4(C)[C@H]3CC[C@]12C.NC(=O)Oc1ccc(C(F)(F)F)cc1.SS. The van der Waals surface area contributed by atoms with Gasteiger partial charge in [0.25, 0.3) is 0 Å². The number of halogens is 3. The summed E-state index contributed by atoms with van der Waals surface area (Å²) in [6.45, 7) is 17.5. The third kappa shape index (κ3) is 10.2. The normalized spacial score (nSPS) is 30.2. The molecule has 1 aromatic carbocycles. The largest absolute Gasteiger partial charge is 0.416 e. The minimum atomic E-state index is -4.40. The van der Waals surface area contributed by atoms with Gasteiger partial charge in [0.05, 0.1) is 5.56 Å². The van der Waals surface area contributed by atoms with Gasteiger partial charge in [0.2, 0.25) is 5.91 Å². The van der Waals surface area contributed by atoms with Crippen LogP contribution >= 0.6 is 23.3 Å². The molecule has 0 radical (unpaired) electrons. The number of primary amides is 1. The van der Waals surface area contributed by atoms with Crippen molar-refractivity contribution in [1.29, 1.82) is 0 Å². The Bertz CT molecular complexity index is 1100. The Labute approximate surface area is 280 Å². The van der Waals surface area contributed by atoms with Crippen molar-refractivity contribution in [2.45, 2.75) is 92.8 Å². The zero-order valence-electron chi connectivity index (χ0n) is 26.9. The topological polar surface area (TPSA) is 72.6 Å². The van der Waals surface area contributed by atoms with Crippen LogP contribution in [0.3, 0.4) is 0 Å². The number of carbonyl (C=O) groups is 2. The van der Waals surface area contributed by atoms with Crippen molar-refractivity contribution in [3.63, 3.8) is 0 Å². The van der Waals surface area contributed by atoms with E-state index in [1.54, 1.807) is 0 Å². The standard InChI is InChI=1S/C20H31NO.C8H6F3NO2.C2H6.C2H4.C2H2.CH4.H2S2/c1-13-5-7-15-14-6-8-17-20(3,12-10-18(22)21(17)4)16(14)9-11-19(13,15)2;9-8(10,11)5-1-3-6(4-2-5)14-7(12)13;3*1-2;;1-2/h10,12-17H,5-9,11H2,1-4H3;1-4H,(H2,12,13);1-2H3;1-2H2;1-2H;1H4;1-2H/t13?,14-,15?,16-,17?,19+,20+;;;;;;/m0....../s1.